The van der Waals surface area contributed by atoms with Crippen LogP contribution in [-0.2, 0) is 21.2 Å². The lowest BCUT2D eigenvalue weighted by Gasteiger charge is -2.20. The molecule has 0 heterocycles. The Morgan fingerprint density at radius 3 is 2.30 bits per heavy atom. The molecule has 0 spiro atoms. The van der Waals surface area contributed by atoms with Crippen molar-refractivity contribution in [1.29, 1.82) is 0 Å². The third-order valence-corrected chi connectivity index (χ3v) is 5.91. The second-order valence-electron chi connectivity index (χ2n) is 7.05. The molecule has 0 saturated heterocycles. The minimum Gasteiger partial charge on any atom is -0.378 e. The number of rotatable bonds is 9. The molecular formula is C23H23ClN2O3S. The fourth-order valence-corrected chi connectivity index (χ4v) is 3.89. The molecule has 30 heavy (non-hydrogen) atoms. The standard InChI is InChI=1S/C23H23ClN2O3S/c24-19-8-4-7-18(15-19)23(16-21(27)12-9-17-5-2-1-3-6-17)26-20-10-13-22(14-11-20)30(25,28)29/h1-8,10-11,13-15,23,26H,9,12,16H2,(H2,25,28,29). The van der Waals surface area contributed by atoms with Crippen molar-refractivity contribution in [2.24, 2.45) is 5.14 Å². The lowest BCUT2D eigenvalue weighted by molar-refractivity contribution is -0.119. The van der Waals surface area contributed by atoms with Gasteiger partial charge in [0.2, 0.25) is 10.0 Å². The van der Waals surface area contributed by atoms with Gasteiger partial charge < -0.3 is 5.32 Å². The van der Waals surface area contributed by atoms with Gasteiger partial charge in [0.15, 0.2) is 0 Å². The Morgan fingerprint density at radius 2 is 1.67 bits per heavy atom. The van der Waals surface area contributed by atoms with Crippen molar-refractivity contribution >= 4 is 33.1 Å². The predicted molar refractivity (Wildman–Crippen MR) is 120 cm³/mol. The summed E-state index contributed by atoms with van der Waals surface area (Å²) < 4.78 is 22.9. The van der Waals surface area contributed by atoms with Gasteiger partial charge in [0.05, 0.1) is 10.9 Å². The molecule has 0 radical (unpaired) electrons. The molecule has 156 valence electrons. The van der Waals surface area contributed by atoms with Crippen molar-refractivity contribution in [2.45, 2.75) is 30.2 Å². The largest absolute Gasteiger partial charge is 0.378 e. The second-order valence-corrected chi connectivity index (χ2v) is 9.05. The summed E-state index contributed by atoms with van der Waals surface area (Å²) in [6, 6.07) is 23.1. The van der Waals surface area contributed by atoms with E-state index in [1.807, 2.05) is 48.5 Å². The highest BCUT2D eigenvalue weighted by molar-refractivity contribution is 7.89. The van der Waals surface area contributed by atoms with E-state index < -0.39 is 10.0 Å². The van der Waals surface area contributed by atoms with Gasteiger partial charge in [0.1, 0.15) is 5.78 Å². The number of ketones is 1. The summed E-state index contributed by atoms with van der Waals surface area (Å²) in [6.07, 6.45) is 1.40. The van der Waals surface area contributed by atoms with Gasteiger partial charge in [-0.15, -0.1) is 0 Å². The summed E-state index contributed by atoms with van der Waals surface area (Å²) in [5.41, 5.74) is 2.69. The molecular weight excluding hydrogens is 420 g/mol. The molecule has 3 rings (SSSR count). The summed E-state index contributed by atoms with van der Waals surface area (Å²) >= 11 is 6.15. The number of anilines is 1. The molecule has 0 aromatic heterocycles. The number of Topliss-reactive ketones (excluding diaryl/α,β-unsaturated/α-hetero) is 1. The molecule has 1 unspecified atom stereocenters. The highest BCUT2D eigenvalue weighted by atomic mass is 35.5. The lowest BCUT2D eigenvalue weighted by Crippen LogP contribution is -2.16. The molecule has 0 aliphatic heterocycles. The van der Waals surface area contributed by atoms with Gasteiger partial charge in [-0.2, -0.15) is 0 Å². The molecule has 0 saturated carbocycles. The highest BCUT2D eigenvalue weighted by Crippen LogP contribution is 2.26. The van der Waals surface area contributed by atoms with E-state index in [1.54, 1.807) is 18.2 Å². The van der Waals surface area contributed by atoms with Crippen molar-refractivity contribution in [3.63, 3.8) is 0 Å². The SMILES string of the molecule is NS(=O)(=O)c1ccc(NC(CC(=O)CCc2ccccc2)c2cccc(Cl)c2)cc1. The summed E-state index contributed by atoms with van der Waals surface area (Å²) in [5.74, 6) is 0.123. The normalized spacial score (nSPS) is 12.3. The minimum absolute atomic E-state index is 0.0336. The number of hydrogen-bond donors (Lipinski definition) is 2. The van der Waals surface area contributed by atoms with Gasteiger partial charge in [0.25, 0.3) is 0 Å². The molecule has 3 aromatic rings. The first-order valence-electron chi connectivity index (χ1n) is 9.52. The first-order chi connectivity index (χ1) is 14.3. The van der Waals surface area contributed by atoms with Crippen LogP contribution in [0.1, 0.15) is 30.0 Å². The Labute approximate surface area is 181 Å². The number of primary sulfonamides is 1. The molecule has 0 fully saturated rings. The molecule has 0 aliphatic carbocycles. The Balaban J connectivity index is 1.74. The van der Waals surface area contributed by atoms with Gasteiger partial charge in [-0.3, -0.25) is 4.79 Å². The Bertz CT molecular complexity index is 1100. The number of benzene rings is 3. The smallest absolute Gasteiger partial charge is 0.238 e. The predicted octanol–water partition coefficient (Wildman–Crippen LogP) is 4.73. The zero-order chi connectivity index (χ0) is 21.6. The van der Waals surface area contributed by atoms with Crippen LogP contribution in [0.3, 0.4) is 0 Å². The minimum atomic E-state index is -3.76. The van der Waals surface area contributed by atoms with E-state index in [0.29, 0.717) is 23.6 Å². The van der Waals surface area contributed by atoms with E-state index in [0.717, 1.165) is 11.1 Å². The first-order valence-corrected chi connectivity index (χ1v) is 11.4. The molecule has 3 N–H and O–H groups in total. The van der Waals surface area contributed by atoms with Gasteiger partial charge in [0, 0.05) is 23.6 Å². The molecule has 5 nitrogen and oxygen atoms in total. The second kappa shape index (κ2) is 9.89. The van der Waals surface area contributed by atoms with Crippen LogP contribution in [0.15, 0.2) is 83.8 Å². The van der Waals surface area contributed by atoms with Gasteiger partial charge in [-0.05, 0) is 53.9 Å². The maximum absolute atomic E-state index is 12.7. The number of nitrogens with two attached hydrogens (primary N) is 1. The van der Waals surface area contributed by atoms with Crippen molar-refractivity contribution in [3.05, 3.63) is 95.0 Å². The summed E-state index contributed by atoms with van der Waals surface area (Å²) in [7, 11) is -3.76. The average molecular weight is 443 g/mol. The number of hydrogen-bond acceptors (Lipinski definition) is 4. The summed E-state index contributed by atoms with van der Waals surface area (Å²) in [5, 5.41) is 9.05. The van der Waals surface area contributed by atoms with Crippen LogP contribution in [0.25, 0.3) is 0 Å². The topological polar surface area (TPSA) is 89.3 Å². The molecule has 0 aliphatic rings. The maximum Gasteiger partial charge on any atom is 0.238 e. The molecule has 0 amide bonds. The van der Waals surface area contributed by atoms with E-state index in [1.165, 1.54) is 12.1 Å². The number of aryl methyl sites for hydroxylation is 1. The van der Waals surface area contributed by atoms with Gasteiger partial charge >= 0.3 is 0 Å². The fraction of sp³-hybridized carbons (Fsp3) is 0.174. The van der Waals surface area contributed by atoms with Crippen LogP contribution in [0, 0.1) is 0 Å². The molecule has 0 bridgehead atoms. The van der Waals surface area contributed by atoms with E-state index in [9.17, 15) is 13.2 Å². The number of halogens is 1. The van der Waals surface area contributed by atoms with E-state index in [2.05, 4.69) is 5.32 Å². The summed E-state index contributed by atoms with van der Waals surface area (Å²) in [4.78, 5) is 12.7. The monoisotopic (exact) mass is 442 g/mol. The van der Waals surface area contributed by atoms with Crippen LogP contribution in [0.2, 0.25) is 5.02 Å². The van der Waals surface area contributed by atoms with E-state index in [-0.39, 0.29) is 23.1 Å². The van der Waals surface area contributed by atoms with E-state index in [4.69, 9.17) is 16.7 Å². The van der Waals surface area contributed by atoms with Crippen LogP contribution in [0.4, 0.5) is 5.69 Å². The number of carbonyl (C=O) groups is 1. The van der Waals surface area contributed by atoms with Gasteiger partial charge in [-0.1, -0.05) is 54.1 Å². The zero-order valence-electron chi connectivity index (χ0n) is 16.3. The zero-order valence-corrected chi connectivity index (χ0v) is 17.9. The van der Waals surface area contributed by atoms with Crippen LogP contribution in [0.5, 0.6) is 0 Å². The Morgan fingerprint density at radius 1 is 0.967 bits per heavy atom. The maximum atomic E-state index is 12.7. The van der Waals surface area contributed by atoms with Crippen molar-refractivity contribution in [3.8, 4) is 0 Å². The van der Waals surface area contributed by atoms with Gasteiger partial charge in [-0.25, -0.2) is 13.6 Å². The number of carbonyl (C=O) groups excluding carboxylic acids is 1. The summed E-state index contributed by atoms with van der Waals surface area (Å²) in [6.45, 7) is 0. The van der Waals surface area contributed by atoms with Crippen molar-refractivity contribution in [2.75, 3.05) is 5.32 Å². The number of nitrogens with one attached hydrogen (secondary N) is 1. The lowest BCUT2D eigenvalue weighted by atomic mass is 9.97. The Hall–Kier alpha value is -2.67. The molecule has 7 heteroatoms. The molecule has 3 aromatic carbocycles. The molecule has 1 atom stereocenters. The van der Waals surface area contributed by atoms with Crippen LogP contribution < -0.4 is 10.5 Å². The van der Waals surface area contributed by atoms with E-state index >= 15 is 0 Å². The van der Waals surface area contributed by atoms with Crippen molar-refractivity contribution < 1.29 is 13.2 Å². The third-order valence-electron chi connectivity index (χ3n) is 4.74. The average Bonchev–Trinajstić information content (AvgIpc) is 2.72. The van der Waals surface area contributed by atoms with Crippen LogP contribution in [-0.4, -0.2) is 14.2 Å². The first kappa shape index (κ1) is 22.0. The quantitative estimate of drug-likeness (QED) is 0.501. The Kier molecular flexibility index (Phi) is 7.26. The van der Waals surface area contributed by atoms with Crippen LogP contribution >= 0.6 is 11.6 Å². The highest BCUT2D eigenvalue weighted by Gasteiger charge is 2.17. The fourth-order valence-electron chi connectivity index (χ4n) is 3.18. The van der Waals surface area contributed by atoms with Crippen molar-refractivity contribution in [1.82, 2.24) is 0 Å². The third kappa shape index (κ3) is 6.42. The number of sulfonamides is 1.